The molecule has 108 valence electrons. The zero-order valence-corrected chi connectivity index (χ0v) is 12.4. The van der Waals surface area contributed by atoms with E-state index in [0.717, 1.165) is 22.4 Å². The molecule has 1 aliphatic rings. The van der Waals surface area contributed by atoms with Gasteiger partial charge in [0.05, 0.1) is 23.3 Å². The molecule has 1 saturated heterocycles. The van der Waals surface area contributed by atoms with Gasteiger partial charge in [0, 0.05) is 20.1 Å². The first kappa shape index (κ1) is 14.6. The first-order valence-corrected chi connectivity index (χ1v) is 6.84. The average molecular weight is 296 g/mol. The largest absolute Gasteiger partial charge is 0.481 e. The normalized spacial score (nSPS) is 17.4. The minimum Gasteiger partial charge on any atom is -0.481 e. The van der Waals surface area contributed by atoms with Crippen LogP contribution in [-0.2, 0) is 11.8 Å². The standard InChI is InChI=1S/C12H16N4O3S/c1-7-8(11(19-3)15(2)14-7)6-9-10(17)16(5-4-13)12(18)20-9/h6H,4-5,13H2,1-3H3/b9-6+. The molecule has 1 aromatic rings. The number of carbonyl (C=O) groups excluding carboxylic acids is 2. The van der Waals surface area contributed by atoms with Gasteiger partial charge < -0.3 is 10.5 Å². The molecule has 0 aromatic carbocycles. The van der Waals surface area contributed by atoms with Gasteiger partial charge in [0.15, 0.2) is 0 Å². The Hall–Kier alpha value is -1.80. The molecule has 2 N–H and O–H groups in total. The predicted molar refractivity (Wildman–Crippen MR) is 76.2 cm³/mol. The molecule has 1 aliphatic heterocycles. The van der Waals surface area contributed by atoms with Crippen molar-refractivity contribution < 1.29 is 14.3 Å². The first-order valence-electron chi connectivity index (χ1n) is 6.02. The second kappa shape index (κ2) is 5.68. The Bertz CT molecular complexity index is 594. The lowest BCUT2D eigenvalue weighted by Crippen LogP contribution is -2.33. The molecule has 2 amide bonds. The van der Waals surface area contributed by atoms with Crippen molar-refractivity contribution in [3.63, 3.8) is 0 Å². The highest BCUT2D eigenvalue weighted by atomic mass is 32.2. The third-order valence-electron chi connectivity index (χ3n) is 2.91. The summed E-state index contributed by atoms with van der Waals surface area (Å²) in [5.41, 5.74) is 6.83. The van der Waals surface area contributed by atoms with E-state index in [2.05, 4.69) is 5.10 Å². The van der Waals surface area contributed by atoms with Crippen LogP contribution >= 0.6 is 11.8 Å². The molecular weight excluding hydrogens is 280 g/mol. The molecule has 0 spiro atoms. The van der Waals surface area contributed by atoms with Crippen LogP contribution in [0.4, 0.5) is 4.79 Å². The van der Waals surface area contributed by atoms with Gasteiger partial charge in [-0.05, 0) is 24.8 Å². The number of hydrogen-bond donors (Lipinski definition) is 1. The Morgan fingerprint density at radius 3 is 2.75 bits per heavy atom. The van der Waals surface area contributed by atoms with Crippen molar-refractivity contribution in [2.45, 2.75) is 6.92 Å². The van der Waals surface area contributed by atoms with E-state index >= 15 is 0 Å². The maximum absolute atomic E-state index is 12.1. The number of nitrogens with zero attached hydrogens (tertiary/aromatic N) is 3. The van der Waals surface area contributed by atoms with Crippen molar-refractivity contribution in [1.82, 2.24) is 14.7 Å². The summed E-state index contributed by atoms with van der Waals surface area (Å²) in [5.74, 6) is 0.226. The second-order valence-corrected chi connectivity index (χ2v) is 5.25. The first-order chi connectivity index (χ1) is 9.49. The molecule has 0 saturated carbocycles. The number of methoxy groups -OCH3 is 1. The van der Waals surface area contributed by atoms with E-state index in [-0.39, 0.29) is 24.2 Å². The fourth-order valence-electron chi connectivity index (χ4n) is 2.01. The van der Waals surface area contributed by atoms with Gasteiger partial charge in [0.25, 0.3) is 11.1 Å². The smallest absolute Gasteiger partial charge is 0.293 e. The number of amides is 2. The van der Waals surface area contributed by atoms with Gasteiger partial charge in [0.1, 0.15) is 0 Å². The number of rotatable bonds is 4. The monoisotopic (exact) mass is 296 g/mol. The van der Waals surface area contributed by atoms with Gasteiger partial charge in [-0.25, -0.2) is 4.68 Å². The van der Waals surface area contributed by atoms with E-state index in [0.29, 0.717) is 16.3 Å². The minimum absolute atomic E-state index is 0.227. The quantitative estimate of drug-likeness (QED) is 0.824. The van der Waals surface area contributed by atoms with Crippen molar-refractivity contribution in [3.8, 4) is 5.88 Å². The summed E-state index contributed by atoms with van der Waals surface area (Å²) >= 11 is 0.904. The highest BCUT2D eigenvalue weighted by molar-refractivity contribution is 8.18. The van der Waals surface area contributed by atoms with Crippen LogP contribution in [0.1, 0.15) is 11.3 Å². The van der Waals surface area contributed by atoms with Crippen LogP contribution in [-0.4, -0.2) is 46.0 Å². The highest BCUT2D eigenvalue weighted by Gasteiger charge is 2.34. The summed E-state index contributed by atoms with van der Waals surface area (Å²) in [7, 11) is 3.29. The summed E-state index contributed by atoms with van der Waals surface area (Å²) in [6.07, 6.45) is 1.64. The molecule has 2 heterocycles. The van der Waals surface area contributed by atoms with E-state index in [1.165, 1.54) is 7.11 Å². The van der Waals surface area contributed by atoms with Gasteiger partial charge in [-0.15, -0.1) is 0 Å². The van der Waals surface area contributed by atoms with Gasteiger partial charge in [-0.1, -0.05) is 0 Å². The Morgan fingerprint density at radius 1 is 1.45 bits per heavy atom. The lowest BCUT2D eigenvalue weighted by Gasteiger charge is -2.09. The lowest BCUT2D eigenvalue weighted by molar-refractivity contribution is -0.122. The van der Waals surface area contributed by atoms with Crippen LogP contribution in [0.3, 0.4) is 0 Å². The molecule has 20 heavy (non-hydrogen) atoms. The zero-order chi connectivity index (χ0) is 14.9. The molecule has 0 aliphatic carbocycles. The number of carbonyl (C=O) groups is 2. The maximum atomic E-state index is 12.1. The topological polar surface area (TPSA) is 90.4 Å². The number of aromatic nitrogens is 2. The Labute approximate surface area is 120 Å². The van der Waals surface area contributed by atoms with Crippen molar-refractivity contribution in [1.29, 1.82) is 0 Å². The molecule has 8 heteroatoms. The van der Waals surface area contributed by atoms with Gasteiger partial charge in [-0.3, -0.25) is 14.5 Å². The minimum atomic E-state index is -0.323. The molecule has 0 atom stereocenters. The number of thioether (sulfide) groups is 1. The third-order valence-corrected chi connectivity index (χ3v) is 3.82. The molecule has 0 bridgehead atoms. The summed E-state index contributed by atoms with van der Waals surface area (Å²) in [6, 6.07) is 0. The van der Waals surface area contributed by atoms with Crippen LogP contribution in [0, 0.1) is 6.92 Å². The number of aryl methyl sites for hydroxylation is 2. The van der Waals surface area contributed by atoms with E-state index in [9.17, 15) is 9.59 Å². The van der Waals surface area contributed by atoms with Crippen molar-refractivity contribution in [3.05, 3.63) is 16.2 Å². The molecule has 2 rings (SSSR count). The van der Waals surface area contributed by atoms with Gasteiger partial charge >= 0.3 is 0 Å². The number of hydrogen-bond acceptors (Lipinski definition) is 6. The van der Waals surface area contributed by atoms with Crippen LogP contribution in [0.15, 0.2) is 4.91 Å². The van der Waals surface area contributed by atoms with E-state index in [1.54, 1.807) is 17.8 Å². The van der Waals surface area contributed by atoms with E-state index < -0.39 is 0 Å². The third kappa shape index (κ3) is 2.44. The lowest BCUT2D eigenvalue weighted by atomic mass is 10.2. The van der Waals surface area contributed by atoms with Crippen LogP contribution in [0.2, 0.25) is 0 Å². The van der Waals surface area contributed by atoms with E-state index in [4.69, 9.17) is 10.5 Å². The Balaban J connectivity index is 2.38. The van der Waals surface area contributed by atoms with Crippen molar-refractivity contribution in [2.75, 3.05) is 20.2 Å². The predicted octanol–water partition coefficient (Wildman–Crippen LogP) is 0.732. The van der Waals surface area contributed by atoms with Gasteiger partial charge in [0.2, 0.25) is 5.88 Å². The Morgan fingerprint density at radius 2 is 2.15 bits per heavy atom. The molecule has 1 aromatic heterocycles. The van der Waals surface area contributed by atoms with Crippen molar-refractivity contribution >= 4 is 29.0 Å². The van der Waals surface area contributed by atoms with Crippen LogP contribution in [0.5, 0.6) is 5.88 Å². The summed E-state index contributed by atoms with van der Waals surface area (Å²) in [6.45, 7) is 2.30. The zero-order valence-electron chi connectivity index (χ0n) is 11.5. The summed E-state index contributed by atoms with van der Waals surface area (Å²) in [5, 5.41) is 3.93. The summed E-state index contributed by atoms with van der Waals surface area (Å²) in [4.78, 5) is 25.4. The molecule has 7 nitrogen and oxygen atoms in total. The fourth-order valence-corrected chi connectivity index (χ4v) is 2.86. The van der Waals surface area contributed by atoms with E-state index in [1.807, 2.05) is 6.92 Å². The average Bonchev–Trinajstić information content (AvgIpc) is 2.81. The SMILES string of the molecule is COc1c(/C=C2/SC(=O)N(CCN)C2=O)c(C)nn1C. The van der Waals surface area contributed by atoms with Gasteiger partial charge in [-0.2, -0.15) is 5.10 Å². The highest BCUT2D eigenvalue weighted by Crippen LogP contribution is 2.34. The Kier molecular flexibility index (Phi) is 4.15. The molecule has 1 fully saturated rings. The molecular formula is C12H16N4O3S. The molecule has 0 unspecified atom stereocenters. The van der Waals surface area contributed by atoms with Crippen LogP contribution in [0.25, 0.3) is 6.08 Å². The number of ether oxygens (including phenoxy) is 1. The number of imide groups is 1. The van der Waals surface area contributed by atoms with Crippen molar-refractivity contribution in [2.24, 2.45) is 12.8 Å². The second-order valence-electron chi connectivity index (χ2n) is 4.25. The number of nitrogens with two attached hydrogens (primary N) is 1. The molecule has 0 radical (unpaired) electrons. The summed E-state index contributed by atoms with van der Waals surface area (Å²) < 4.78 is 6.85. The van der Waals surface area contributed by atoms with Crippen LogP contribution < -0.4 is 10.5 Å². The maximum Gasteiger partial charge on any atom is 0.293 e. The fraction of sp³-hybridized carbons (Fsp3) is 0.417.